The fourth-order valence-electron chi connectivity index (χ4n) is 1.48. The summed E-state index contributed by atoms with van der Waals surface area (Å²) >= 11 is 0. The largest absolute Gasteiger partial charge is 0.388 e. The maximum atomic E-state index is 13.0. The summed E-state index contributed by atoms with van der Waals surface area (Å²) < 4.78 is 13.0. The van der Waals surface area contributed by atoms with Crippen LogP contribution in [0.25, 0.3) is 0 Å². The van der Waals surface area contributed by atoms with Crippen LogP contribution in [0.4, 0.5) is 4.39 Å². The van der Waals surface area contributed by atoms with Gasteiger partial charge in [0.25, 0.3) is 0 Å². The summed E-state index contributed by atoms with van der Waals surface area (Å²) in [6.07, 6.45) is 1.84. The molecule has 0 aliphatic carbocycles. The smallest absolute Gasteiger partial charge is 0.126 e. The van der Waals surface area contributed by atoms with E-state index in [1.54, 1.807) is 25.1 Å². The van der Waals surface area contributed by atoms with Crippen molar-refractivity contribution in [1.82, 2.24) is 5.32 Å². The normalized spacial score (nSPS) is 12.4. The molecule has 0 saturated carbocycles. The number of rotatable bonds is 6. The monoisotopic (exact) mass is 223 g/mol. The molecule has 1 aromatic carbocycles. The predicted octanol–water partition coefficient (Wildman–Crippen LogP) is 2.33. The van der Waals surface area contributed by atoms with Gasteiger partial charge in [-0.25, -0.2) is 4.39 Å². The maximum Gasteiger partial charge on any atom is 0.126 e. The Morgan fingerprint density at radius 3 is 2.94 bits per heavy atom. The molecule has 0 saturated heterocycles. The molecule has 0 spiro atoms. The summed E-state index contributed by atoms with van der Waals surface area (Å²) in [4.78, 5) is 0. The van der Waals surface area contributed by atoms with Gasteiger partial charge in [-0.1, -0.05) is 18.2 Å². The van der Waals surface area contributed by atoms with Crippen molar-refractivity contribution in [2.45, 2.75) is 19.4 Å². The van der Waals surface area contributed by atoms with Crippen molar-refractivity contribution in [1.29, 1.82) is 0 Å². The van der Waals surface area contributed by atoms with Gasteiger partial charge in [-0.2, -0.15) is 0 Å². The zero-order valence-electron chi connectivity index (χ0n) is 9.54. The van der Waals surface area contributed by atoms with Crippen LogP contribution in [0.1, 0.15) is 23.7 Å². The minimum absolute atomic E-state index is 0.235. The van der Waals surface area contributed by atoms with Crippen molar-refractivity contribution in [2.75, 3.05) is 13.1 Å². The van der Waals surface area contributed by atoms with E-state index in [1.807, 2.05) is 0 Å². The van der Waals surface area contributed by atoms with E-state index in [9.17, 15) is 9.50 Å². The zero-order valence-corrected chi connectivity index (χ0v) is 9.54. The Kier molecular flexibility index (Phi) is 5.15. The quantitative estimate of drug-likeness (QED) is 0.573. The number of aliphatic hydroxyl groups is 1. The van der Waals surface area contributed by atoms with Gasteiger partial charge in [0, 0.05) is 6.54 Å². The third kappa shape index (κ3) is 3.76. The average Bonchev–Trinajstić information content (AvgIpc) is 2.28. The maximum absolute atomic E-state index is 13.0. The Hall–Kier alpha value is -1.19. The molecule has 0 fully saturated rings. The molecule has 0 radical (unpaired) electrons. The lowest BCUT2D eigenvalue weighted by Crippen LogP contribution is -2.17. The molecule has 16 heavy (non-hydrogen) atoms. The minimum Gasteiger partial charge on any atom is -0.388 e. The standard InChI is InChI=1S/C13H18FNO/c1-3-7-15-8-6-13(16)11-4-5-12(14)10(2)9-11/h3-5,9,13,15-16H,1,6-8H2,2H3. The molecule has 0 bridgehead atoms. The zero-order chi connectivity index (χ0) is 12.0. The molecule has 1 atom stereocenters. The van der Waals surface area contributed by atoms with E-state index in [2.05, 4.69) is 11.9 Å². The second kappa shape index (κ2) is 6.40. The van der Waals surface area contributed by atoms with Gasteiger partial charge >= 0.3 is 0 Å². The number of hydrogen-bond acceptors (Lipinski definition) is 2. The number of aliphatic hydroxyl groups excluding tert-OH is 1. The van der Waals surface area contributed by atoms with Crippen LogP contribution in [-0.4, -0.2) is 18.2 Å². The lowest BCUT2D eigenvalue weighted by Gasteiger charge is -2.12. The highest BCUT2D eigenvalue weighted by Gasteiger charge is 2.08. The topological polar surface area (TPSA) is 32.3 Å². The highest BCUT2D eigenvalue weighted by Crippen LogP contribution is 2.18. The van der Waals surface area contributed by atoms with Gasteiger partial charge in [-0.15, -0.1) is 6.58 Å². The van der Waals surface area contributed by atoms with Gasteiger partial charge in [-0.05, 0) is 37.1 Å². The van der Waals surface area contributed by atoms with Crippen LogP contribution >= 0.6 is 0 Å². The van der Waals surface area contributed by atoms with E-state index >= 15 is 0 Å². The fourth-order valence-corrected chi connectivity index (χ4v) is 1.48. The lowest BCUT2D eigenvalue weighted by atomic mass is 10.0. The van der Waals surface area contributed by atoms with Crippen molar-refractivity contribution in [3.8, 4) is 0 Å². The van der Waals surface area contributed by atoms with Gasteiger partial charge in [0.15, 0.2) is 0 Å². The van der Waals surface area contributed by atoms with Crippen LogP contribution in [0.15, 0.2) is 30.9 Å². The Morgan fingerprint density at radius 2 is 2.31 bits per heavy atom. The van der Waals surface area contributed by atoms with Gasteiger partial charge in [0.2, 0.25) is 0 Å². The highest BCUT2D eigenvalue weighted by molar-refractivity contribution is 5.25. The minimum atomic E-state index is -0.545. The van der Waals surface area contributed by atoms with Crippen LogP contribution < -0.4 is 5.32 Å². The van der Waals surface area contributed by atoms with Crippen molar-refractivity contribution < 1.29 is 9.50 Å². The van der Waals surface area contributed by atoms with Gasteiger partial charge < -0.3 is 10.4 Å². The molecule has 0 heterocycles. The first kappa shape index (κ1) is 12.9. The second-order valence-electron chi connectivity index (χ2n) is 3.81. The van der Waals surface area contributed by atoms with Gasteiger partial charge in [0.05, 0.1) is 6.10 Å². The van der Waals surface area contributed by atoms with Crippen LogP contribution in [0.2, 0.25) is 0 Å². The van der Waals surface area contributed by atoms with Crippen LogP contribution in [0.3, 0.4) is 0 Å². The highest BCUT2D eigenvalue weighted by atomic mass is 19.1. The summed E-state index contributed by atoms with van der Waals surface area (Å²) in [7, 11) is 0. The Bertz CT molecular complexity index is 352. The summed E-state index contributed by atoms with van der Waals surface area (Å²) in [5.41, 5.74) is 1.33. The molecule has 0 aliphatic heterocycles. The van der Waals surface area contributed by atoms with E-state index in [0.29, 0.717) is 18.5 Å². The number of halogens is 1. The SMILES string of the molecule is C=CCNCCC(O)c1ccc(F)c(C)c1. The third-order valence-electron chi connectivity index (χ3n) is 2.45. The molecule has 2 N–H and O–H groups in total. The number of nitrogens with one attached hydrogen (secondary N) is 1. The molecule has 88 valence electrons. The average molecular weight is 223 g/mol. The molecule has 0 aliphatic rings. The first-order chi connectivity index (χ1) is 7.65. The number of aryl methyl sites for hydroxylation is 1. The molecular formula is C13H18FNO. The second-order valence-corrected chi connectivity index (χ2v) is 3.81. The van der Waals surface area contributed by atoms with E-state index in [-0.39, 0.29) is 5.82 Å². The fraction of sp³-hybridized carbons (Fsp3) is 0.385. The first-order valence-electron chi connectivity index (χ1n) is 5.41. The molecule has 1 aromatic rings. The van der Waals surface area contributed by atoms with Gasteiger partial charge in [-0.3, -0.25) is 0 Å². The summed E-state index contributed by atoms with van der Waals surface area (Å²) in [5, 5.41) is 13.0. The Balaban J connectivity index is 2.49. The van der Waals surface area contributed by atoms with Crippen molar-refractivity contribution >= 4 is 0 Å². The first-order valence-corrected chi connectivity index (χ1v) is 5.41. The van der Waals surface area contributed by atoms with E-state index in [4.69, 9.17) is 0 Å². The number of benzene rings is 1. The molecule has 1 unspecified atom stereocenters. The molecule has 3 heteroatoms. The molecular weight excluding hydrogens is 205 g/mol. The van der Waals surface area contributed by atoms with Crippen LogP contribution in [0, 0.1) is 12.7 Å². The van der Waals surface area contributed by atoms with Gasteiger partial charge in [0.1, 0.15) is 5.82 Å². The van der Waals surface area contributed by atoms with Crippen LogP contribution in [-0.2, 0) is 0 Å². The molecule has 0 aromatic heterocycles. The molecule has 1 rings (SSSR count). The molecule has 2 nitrogen and oxygen atoms in total. The van der Waals surface area contributed by atoms with E-state index < -0.39 is 6.10 Å². The summed E-state index contributed by atoms with van der Waals surface area (Å²) in [6.45, 7) is 6.73. The number of hydrogen-bond donors (Lipinski definition) is 2. The Labute approximate surface area is 95.8 Å². The molecule has 0 amide bonds. The third-order valence-corrected chi connectivity index (χ3v) is 2.45. The van der Waals surface area contributed by atoms with E-state index in [0.717, 1.165) is 12.1 Å². The summed E-state index contributed by atoms with van der Waals surface area (Å²) in [5.74, 6) is -0.235. The van der Waals surface area contributed by atoms with Crippen LogP contribution in [0.5, 0.6) is 0 Å². The van der Waals surface area contributed by atoms with Crippen molar-refractivity contribution in [2.24, 2.45) is 0 Å². The van der Waals surface area contributed by atoms with E-state index in [1.165, 1.54) is 6.07 Å². The Morgan fingerprint density at radius 1 is 1.56 bits per heavy atom. The predicted molar refractivity (Wildman–Crippen MR) is 63.8 cm³/mol. The van der Waals surface area contributed by atoms with Crippen molar-refractivity contribution in [3.05, 3.63) is 47.8 Å². The lowest BCUT2D eigenvalue weighted by molar-refractivity contribution is 0.167. The van der Waals surface area contributed by atoms with Crippen molar-refractivity contribution in [3.63, 3.8) is 0 Å². The summed E-state index contributed by atoms with van der Waals surface area (Å²) in [6, 6.07) is 4.71.